The lowest BCUT2D eigenvalue weighted by Gasteiger charge is -2.31. The predicted octanol–water partition coefficient (Wildman–Crippen LogP) is 1.67. The van der Waals surface area contributed by atoms with Gasteiger partial charge in [-0.25, -0.2) is 4.98 Å². The molecule has 0 spiro atoms. The third kappa shape index (κ3) is 3.84. The maximum Gasteiger partial charge on any atom is 0.433 e. The second kappa shape index (κ2) is 7.16. The van der Waals surface area contributed by atoms with Gasteiger partial charge in [-0.1, -0.05) is 0 Å². The number of furan rings is 1. The topological polar surface area (TPSA) is 121 Å². The molecule has 0 unspecified atom stereocenters. The number of carbonyl (C=O) groups is 1. The number of nitrogens with zero attached hydrogens (tertiary/aromatic N) is 4. The van der Waals surface area contributed by atoms with Gasteiger partial charge in [0.1, 0.15) is 11.0 Å². The summed E-state index contributed by atoms with van der Waals surface area (Å²) in [7, 11) is 1.47. The highest BCUT2D eigenvalue weighted by atomic mass is 16.6. The first-order valence-electron chi connectivity index (χ1n) is 7.64. The Balaban J connectivity index is 1.55. The predicted molar refractivity (Wildman–Crippen MR) is 83.5 cm³/mol. The number of aromatic nitrogens is 2. The third-order valence-electron chi connectivity index (χ3n) is 3.79. The molecule has 3 heterocycles. The fourth-order valence-electron chi connectivity index (χ4n) is 2.53. The summed E-state index contributed by atoms with van der Waals surface area (Å²) in [4.78, 5) is 31.9. The Bertz CT molecular complexity index is 769. The molecule has 0 saturated carbocycles. The van der Waals surface area contributed by atoms with E-state index >= 15 is 0 Å². The van der Waals surface area contributed by atoms with E-state index in [9.17, 15) is 14.9 Å². The van der Waals surface area contributed by atoms with Gasteiger partial charge < -0.3 is 18.8 Å². The quantitative estimate of drug-likeness (QED) is 0.591. The van der Waals surface area contributed by atoms with Gasteiger partial charge in [0.2, 0.25) is 5.88 Å². The Morgan fingerprint density at radius 1 is 1.36 bits per heavy atom. The van der Waals surface area contributed by atoms with Crippen LogP contribution in [0.1, 0.15) is 23.4 Å². The lowest BCUT2D eigenvalue weighted by atomic mass is 10.1. The second-order valence-electron chi connectivity index (χ2n) is 5.39. The number of methoxy groups -OCH3 is 1. The van der Waals surface area contributed by atoms with Crippen LogP contribution >= 0.6 is 0 Å². The molecule has 10 nitrogen and oxygen atoms in total. The molecule has 1 fully saturated rings. The molecule has 1 amide bonds. The van der Waals surface area contributed by atoms with Crippen molar-refractivity contribution >= 4 is 11.8 Å². The van der Waals surface area contributed by atoms with Gasteiger partial charge in [0.15, 0.2) is 5.76 Å². The number of amides is 1. The zero-order chi connectivity index (χ0) is 17.8. The summed E-state index contributed by atoms with van der Waals surface area (Å²) in [6.45, 7) is 0.917. The van der Waals surface area contributed by atoms with Crippen LogP contribution in [0.3, 0.4) is 0 Å². The summed E-state index contributed by atoms with van der Waals surface area (Å²) in [5.41, 5.74) is 0. The number of rotatable bonds is 5. The molecule has 0 N–H and O–H groups in total. The molecule has 1 aliphatic rings. The van der Waals surface area contributed by atoms with Crippen LogP contribution in [0.5, 0.6) is 11.9 Å². The standard InChI is InChI=1S/C15H16N4O6/c1-23-15-16-7-4-12(17-15)24-10-5-8-18(9-6-10)14(20)11-2-3-13(25-11)19(21)22/h2-4,7,10H,5-6,8-9H2,1H3. The van der Waals surface area contributed by atoms with Crippen molar-refractivity contribution < 1.29 is 23.6 Å². The summed E-state index contributed by atoms with van der Waals surface area (Å²) in [6, 6.07) is 4.36. The first-order chi connectivity index (χ1) is 12.1. The molecule has 1 saturated heterocycles. The normalized spacial score (nSPS) is 15.0. The molecule has 25 heavy (non-hydrogen) atoms. The van der Waals surface area contributed by atoms with Gasteiger partial charge >= 0.3 is 11.9 Å². The van der Waals surface area contributed by atoms with Crippen molar-refractivity contribution in [1.29, 1.82) is 0 Å². The van der Waals surface area contributed by atoms with Gasteiger partial charge in [0.25, 0.3) is 5.91 Å². The molecule has 0 bridgehead atoms. The van der Waals surface area contributed by atoms with E-state index in [1.54, 1.807) is 17.2 Å². The van der Waals surface area contributed by atoms with Crippen LogP contribution in [0.4, 0.5) is 5.88 Å². The fraction of sp³-hybridized carbons (Fsp3) is 0.400. The van der Waals surface area contributed by atoms with E-state index in [1.807, 2.05) is 0 Å². The third-order valence-corrected chi connectivity index (χ3v) is 3.79. The molecule has 0 atom stereocenters. The lowest BCUT2D eigenvalue weighted by Crippen LogP contribution is -2.41. The average molecular weight is 348 g/mol. The smallest absolute Gasteiger partial charge is 0.433 e. The van der Waals surface area contributed by atoms with Crippen LogP contribution in [0, 0.1) is 10.1 Å². The van der Waals surface area contributed by atoms with Crippen molar-refractivity contribution in [2.45, 2.75) is 18.9 Å². The van der Waals surface area contributed by atoms with Gasteiger partial charge in [0, 0.05) is 38.2 Å². The first-order valence-corrected chi connectivity index (χ1v) is 7.64. The van der Waals surface area contributed by atoms with E-state index in [4.69, 9.17) is 13.9 Å². The lowest BCUT2D eigenvalue weighted by molar-refractivity contribution is -0.402. The molecule has 132 valence electrons. The van der Waals surface area contributed by atoms with Gasteiger partial charge in [-0.05, 0) is 6.07 Å². The number of hydrogen-bond donors (Lipinski definition) is 0. The largest absolute Gasteiger partial charge is 0.474 e. The van der Waals surface area contributed by atoms with Gasteiger partial charge in [0.05, 0.1) is 13.2 Å². The SMILES string of the molecule is COc1nccc(OC2CCN(C(=O)c3ccc([N+](=O)[O-])o3)CC2)n1. The summed E-state index contributed by atoms with van der Waals surface area (Å²) in [6.07, 6.45) is 2.68. The van der Waals surface area contributed by atoms with Gasteiger partial charge in [-0.2, -0.15) is 4.98 Å². The Hall–Kier alpha value is -3.17. The van der Waals surface area contributed by atoms with Crippen LogP contribution in [-0.4, -0.2) is 52.0 Å². The van der Waals surface area contributed by atoms with E-state index in [0.717, 1.165) is 0 Å². The Kier molecular flexibility index (Phi) is 4.78. The minimum atomic E-state index is -0.674. The van der Waals surface area contributed by atoms with Gasteiger partial charge in [-0.15, -0.1) is 0 Å². The van der Waals surface area contributed by atoms with E-state index < -0.39 is 10.8 Å². The number of hydrogen-bond acceptors (Lipinski definition) is 8. The summed E-state index contributed by atoms with van der Waals surface area (Å²) in [5.74, 6) is -0.431. The minimum Gasteiger partial charge on any atom is -0.474 e. The number of nitro groups is 1. The molecule has 2 aromatic heterocycles. The van der Waals surface area contributed by atoms with Crippen molar-refractivity contribution in [3.05, 3.63) is 40.3 Å². The van der Waals surface area contributed by atoms with Crippen molar-refractivity contribution in [2.24, 2.45) is 0 Å². The molecule has 2 aromatic rings. The van der Waals surface area contributed by atoms with Crippen LogP contribution in [-0.2, 0) is 0 Å². The van der Waals surface area contributed by atoms with Crippen molar-refractivity contribution in [3.8, 4) is 11.9 Å². The molecular formula is C15H16N4O6. The van der Waals surface area contributed by atoms with Crippen molar-refractivity contribution in [1.82, 2.24) is 14.9 Å². The van der Waals surface area contributed by atoms with Crippen molar-refractivity contribution in [2.75, 3.05) is 20.2 Å². The average Bonchev–Trinajstić information content (AvgIpc) is 3.12. The van der Waals surface area contributed by atoms with Crippen LogP contribution < -0.4 is 9.47 Å². The maximum absolute atomic E-state index is 12.3. The van der Waals surface area contributed by atoms with Gasteiger partial charge in [-0.3, -0.25) is 14.9 Å². The van der Waals surface area contributed by atoms with Crippen LogP contribution in [0.2, 0.25) is 0 Å². The molecule has 3 rings (SSSR count). The zero-order valence-corrected chi connectivity index (χ0v) is 13.5. The Labute approximate surface area is 142 Å². The molecular weight excluding hydrogens is 332 g/mol. The Morgan fingerprint density at radius 2 is 2.12 bits per heavy atom. The number of ether oxygens (including phenoxy) is 2. The monoisotopic (exact) mass is 348 g/mol. The molecule has 0 aromatic carbocycles. The van der Waals surface area contributed by atoms with Crippen LogP contribution in [0.15, 0.2) is 28.8 Å². The maximum atomic E-state index is 12.3. The molecule has 10 heteroatoms. The summed E-state index contributed by atoms with van der Waals surface area (Å²) in [5, 5.41) is 10.6. The molecule has 0 radical (unpaired) electrons. The highest BCUT2D eigenvalue weighted by molar-refractivity contribution is 5.91. The van der Waals surface area contributed by atoms with Crippen LogP contribution in [0.25, 0.3) is 0 Å². The number of likely N-dealkylation sites (tertiary alicyclic amines) is 1. The first kappa shape index (κ1) is 16.7. The van der Waals surface area contributed by atoms with Crippen molar-refractivity contribution in [3.63, 3.8) is 0 Å². The Morgan fingerprint density at radius 3 is 2.76 bits per heavy atom. The highest BCUT2D eigenvalue weighted by Gasteiger charge is 2.28. The second-order valence-corrected chi connectivity index (χ2v) is 5.39. The molecule has 0 aliphatic carbocycles. The minimum absolute atomic E-state index is 0.0356. The fourth-order valence-corrected chi connectivity index (χ4v) is 2.53. The van der Waals surface area contributed by atoms with E-state index in [-0.39, 0.29) is 23.8 Å². The number of piperidine rings is 1. The summed E-state index contributed by atoms with van der Waals surface area (Å²) >= 11 is 0. The van der Waals surface area contributed by atoms with E-state index in [1.165, 1.54) is 19.2 Å². The van der Waals surface area contributed by atoms with E-state index in [0.29, 0.717) is 31.8 Å². The molecule has 1 aliphatic heterocycles. The van der Waals surface area contributed by atoms with E-state index in [2.05, 4.69) is 9.97 Å². The zero-order valence-electron chi connectivity index (χ0n) is 13.5. The summed E-state index contributed by atoms with van der Waals surface area (Å²) < 4.78 is 15.7. The highest BCUT2D eigenvalue weighted by Crippen LogP contribution is 2.22. The number of carbonyl (C=O) groups excluding carboxylic acids is 1.